The number of amides is 1. The summed E-state index contributed by atoms with van der Waals surface area (Å²) < 4.78 is 10.1. The molecule has 2 atom stereocenters. The maximum atomic E-state index is 11.4. The van der Waals surface area contributed by atoms with Crippen LogP contribution >= 0.6 is 11.6 Å². The fourth-order valence-electron chi connectivity index (χ4n) is 1.71. The number of carbonyl (C=O) groups is 2. The van der Waals surface area contributed by atoms with Crippen LogP contribution in [0, 0.1) is 5.41 Å². The topological polar surface area (TPSA) is 55.8 Å². The molecule has 1 fully saturated rings. The molecule has 0 aromatic heterocycles. The maximum absolute atomic E-state index is 11.4. The van der Waals surface area contributed by atoms with Crippen molar-refractivity contribution >= 4 is 22.9 Å². The fraction of sp³-hybridized carbons (Fsp3) is 0.800. The number of carbonyl (C=O) groups excluding carboxylic acids is 2. The van der Waals surface area contributed by atoms with E-state index < -0.39 is 23.6 Å². The third-order valence-electron chi connectivity index (χ3n) is 2.42. The lowest BCUT2D eigenvalue weighted by molar-refractivity contribution is -0.145. The van der Waals surface area contributed by atoms with Gasteiger partial charge in [0.25, 0.3) is 0 Å². The quantitative estimate of drug-likeness (QED) is 0.402. The lowest BCUT2D eigenvalue weighted by Gasteiger charge is -2.33. The van der Waals surface area contributed by atoms with Crippen molar-refractivity contribution in [3.8, 4) is 0 Å². The van der Waals surface area contributed by atoms with Crippen LogP contribution in [0.4, 0.5) is 4.79 Å². The largest absolute Gasteiger partial charge is 0.467 e. The Bertz CT molecular complexity index is 300. The molecule has 0 aliphatic carbocycles. The third kappa shape index (κ3) is 2.47. The second kappa shape index (κ2) is 4.59. The van der Waals surface area contributed by atoms with Gasteiger partial charge in [0.2, 0.25) is 0 Å². The van der Waals surface area contributed by atoms with Crippen LogP contribution in [0.25, 0.3) is 0 Å². The van der Waals surface area contributed by atoms with Gasteiger partial charge in [-0.1, -0.05) is 20.8 Å². The number of halogens is 1. The van der Waals surface area contributed by atoms with E-state index in [0.29, 0.717) is 0 Å². The van der Waals surface area contributed by atoms with Crippen LogP contribution in [-0.4, -0.2) is 42.2 Å². The highest BCUT2D eigenvalue weighted by molar-refractivity contribution is 6.63. The van der Waals surface area contributed by atoms with Crippen molar-refractivity contribution in [3.63, 3.8) is 0 Å². The second-order valence-electron chi connectivity index (χ2n) is 4.75. The Balaban J connectivity index is 2.94. The molecule has 0 aromatic carbocycles. The number of hydrogen-bond acceptors (Lipinski definition) is 4. The first-order chi connectivity index (χ1) is 7.29. The summed E-state index contributed by atoms with van der Waals surface area (Å²) in [6.45, 7) is 5.84. The van der Waals surface area contributed by atoms with Crippen LogP contribution in [0.3, 0.4) is 0 Å². The standard InChI is InChI=1S/C10H16ClNO4/c1-10(2,3)8-12(9(11)14)6(5-16-8)7(13)15-4/h6,8H,5H2,1-4H3. The van der Waals surface area contributed by atoms with Crippen molar-refractivity contribution in [3.05, 3.63) is 0 Å². The van der Waals surface area contributed by atoms with Crippen LogP contribution in [0.1, 0.15) is 20.8 Å². The number of ether oxygens (including phenoxy) is 2. The average Bonchev–Trinajstić information content (AvgIpc) is 2.59. The van der Waals surface area contributed by atoms with Gasteiger partial charge in [-0.25, -0.2) is 4.79 Å². The molecule has 1 amide bonds. The van der Waals surface area contributed by atoms with E-state index in [1.807, 2.05) is 20.8 Å². The highest BCUT2D eigenvalue weighted by atomic mass is 35.5. The first kappa shape index (κ1) is 13.3. The minimum absolute atomic E-state index is 0.118. The lowest BCUT2D eigenvalue weighted by Crippen LogP contribution is -2.48. The molecule has 16 heavy (non-hydrogen) atoms. The number of nitrogens with zero attached hydrogens (tertiary/aromatic N) is 1. The maximum Gasteiger partial charge on any atom is 0.331 e. The van der Waals surface area contributed by atoms with Crippen molar-refractivity contribution in [2.75, 3.05) is 13.7 Å². The van der Waals surface area contributed by atoms with Gasteiger partial charge in [-0.15, -0.1) is 0 Å². The van der Waals surface area contributed by atoms with E-state index in [4.69, 9.17) is 16.3 Å². The summed E-state index contributed by atoms with van der Waals surface area (Å²) in [5.74, 6) is -0.513. The fourth-order valence-corrected chi connectivity index (χ4v) is 1.91. The Labute approximate surface area is 99.6 Å². The van der Waals surface area contributed by atoms with Crippen molar-refractivity contribution < 1.29 is 19.1 Å². The van der Waals surface area contributed by atoms with E-state index in [9.17, 15) is 9.59 Å². The lowest BCUT2D eigenvalue weighted by atomic mass is 9.93. The zero-order chi connectivity index (χ0) is 12.5. The number of esters is 1. The molecule has 0 N–H and O–H groups in total. The van der Waals surface area contributed by atoms with E-state index in [0.717, 1.165) is 0 Å². The van der Waals surface area contributed by atoms with Crippen LogP contribution in [0.5, 0.6) is 0 Å². The molecular weight excluding hydrogens is 234 g/mol. The van der Waals surface area contributed by atoms with E-state index in [2.05, 4.69) is 4.74 Å². The van der Waals surface area contributed by atoms with Gasteiger partial charge >= 0.3 is 11.3 Å². The Hall–Kier alpha value is -0.810. The molecule has 0 saturated carbocycles. The SMILES string of the molecule is COC(=O)C1COC(C(C)(C)C)N1C(=O)Cl. The van der Waals surface area contributed by atoms with Gasteiger partial charge in [0.15, 0.2) is 6.04 Å². The summed E-state index contributed by atoms with van der Waals surface area (Å²) in [4.78, 5) is 24.0. The van der Waals surface area contributed by atoms with Gasteiger partial charge in [0.05, 0.1) is 13.7 Å². The molecule has 5 nitrogen and oxygen atoms in total. The van der Waals surface area contributed by atoms with E-state index in [1.165, 1.54) is 12.0 Å². The minimum Gasteiger partial charge on any atom is -0.467 e. The zero-order valence-corrected chi connectivity index (χ0v) is 10.6. The molecule has 2 unspecified atom stereocenters. The predicted octanol–water partition coefficient (Wildman–Crippen LogP) is 1.59. The molecule has 0 bridgehead atoms. The molecule has 1 rings (SSSR count). The third-order valence-corrected chi connectivity index (χ3v) is 2.61. The highest BCUT2D eigenvalue weighted by Gasteiger charge is 2.47. The summed E-state index contributed by atoms with van der Waals surface area (Å²) >= 11 is 5.48. The Morgan fingerprint density at radius 2 is 2.00 bits per heavy atom. The van der Waals surface area contributed by atoms with Gasteiger partial charge in [0.1, 0.15) is 6.23 Å². The van der Waals surface area contributed by atoms with Crippen molar-refractivity contribution in [2.24, 2.45) is 5.41 Å². The van der Waals surface area contributed by atoms with Gasteiger partial charge in [0, 0.05) is 5.41 Å². The average molecular weight is 250 g/mol. The van der Waals surface area contributed by atoms with Gasteiger partial charge < -0.3 is 9.47 Å². The molecule has 1 aliphatic rings. The molecule has 1 aliphatic heterocycles. The molecule has 6 heteroatoms. The van der Waals surface area contributed by atoms with Crippen molar-refractivity contribution in [2.45, 2.75) is 33.0 Å². The molecular formula is C10H16ClNO4. The van der Waals surface area contributed by atoms with E-state index >= 15 is 0 Å². The minimum atomic E-state index is -0.751. The van der Waals surface area contributed by atoms with Crippen LogP contribution < -0.4 is 0 Å². The molecule has 1 saturated heterocycles. The second-order valence-corrected chi connectivity index (χ2v) is 5.07. The molecule has 1 heterocycles. The molecule has 92 valence electrons. The van der Waals surface area contributed by atoms with Crippen molar-refractivity contribution in [1.29, 1.82) is 0 Å². The Kier molecular flexibility index (Phi) is 3.80. The zero-order valence-electron chi connectivity index (χ0n) is 9.82. The highest BCUT2D eigenvalue weighted by Crippen LogP contribution is 2.32. The number of methoxy groups -OCH3 is 1. The van der Waals surface area contributed by atoms with Gasteiger partial charge in [-0.05, 0) is 11.6 Å². The summed E-state index contributed by atoms with van der Waals surface area (Å²) in [7, 11) is 1.27. The van der Waals surface area contributed by atoms with Crippen molar-refractivity contribution in [1.82, 2.24) is 4.90 Å². The van der Waals surface area contributed by atoms with E-state index in [-0.39, 0.29) is 12.0 Å². The Morgan fingerprint density at radius 1 is 1.44 bits per heavy atom. The van der Waals surface area contributed by atoms with Gasteiger partial charge in [-0.3, -0.25) is 9.69 Å². The smallest absolute Gasteiger partial charge is 0.331 e. The van der Waals surface area contributed by atoms with Gasteiger partial charge in [-0.2, -0.15) is 0 Å². The van der Waals surface area contributed by atoms with Crippen LogP contribution in [0.15, 0.2) is 0 Å². The Morgan fingerprint density at radius 3 is 2.38 bits per heavy atom. The summed E-state index contributed by atoms with van der Waals surface area (Å²) in [6.07, 6.45) is -0.512. The first-order valence-corrected chi connectivity index (χ1v) is 5.34. The summed E-state index contributed by atoms with van der Waals surface area (Å²) in [6, 6.07) is -0.751. The normalized spacial score (nSPS) is 25.7. The first-order valence-electron chi connectivity index (χ1n) is 4.96. The van der Waals surface area contributed by atoms with E-state index in [1.54, 1.807) is 0 Å². The molecule has 0 aromatic rings. The molecule has 0 spiro atoms. The molecule has 0 radical (unpaired) electrons. The predicted molar refractivity (Wildman–Crippen MR) is 58.1 cm³/mol. The van der Waals surface area contributed by atoms with Crippen LogP contribution in [-0.2, 0) is 14.3 Å². The monoisotopic (exact) mass is 249 g/mol. The summed E-state index contributed by atoms with van der Waals surface area (Å²) in [5.41, 5.74) is -0.312. The summed E-state index contributed by atoms with van der Waals surface area (Å²) in [5, 5.41) is -0.701. The number of hydrogen-bond donors (Lipinski definition) is 0. The van der Waals surface area contributed by atoms with Crippen LogP contribution in [0.2, 0.25) is 0 Å². The number of rotatable bonds is 1.